The van der Waals surface area contributed by atoms with Gasteiger partial charge in [0.05, 0.1) is 0 Å². The molecule has 1 rings (SSSR count). The van der Waals surface area contributed by atoms with Crippen LogP contribution in [-0.2, 0) is 0 Å². The summed E-state index contributed by atoms with van der Waals surface area (Å²) in [5.41, 5.74) is 1.09. The van der Waals surface area contributed by atoms with Gasteiger partial charge in [-0.3, -0.25) is 0 Å². The Morgan fingerprint density at radius 1 is 1.25 bits per heavy atom. The van der Waals surface area contributed by atoms with Crippen molar-refractivity contribution >= 4 is 11.8 Å². The highest BCUT2D eigenvalue weighted by Crippen LogP contribution is 2.12. The van der Waals surface area contributed by atoms with Crippen molar-refractivity contribution in [3.8, 4) is 0 Å². The van der Waals surface area contributed by atoms with Crippen LogP contribution in [0.2, 0.25) is 0 Å². The van der Waals surface area contributed by atoms with Crippen molar-refractivity contribution < 1.29 is 0 Å². The summed E-state index contributed by atoms with van der Waals surface area (Å²) in [6.07, 6.45) is 4.05. The van der Waals surface area contributed by atoms with Crippen molar-refractivity contribution in [1.82, 2.24) is 14.9 Å². The molecule has 0 atom stereocenters. The molecular formula is C15H29N5. The van der Waals surface area contributed by atoms with E-state index in [0.717, 1.165) is 43.9 Å². The highest BCUT2D eigenvalue weighted by atomic mass is 15.1. The maximum absolute atomic E-state index is 4.51. The van der Waals surface area contributed by atoms with Crippen molar-refractivity contribution in [2.24, 2.45) is 0 Å². The van der Waals surface area contributed by atoms with E-state index < -0.39 is 0 Å². The Bertz CT molecular complexity index is 392. The number of nitrogens with zero attached hydrogens (tertiary/aromatic N) is 3. The van der Waals surface area contributed by atoms with E-state index in [0.29, 0.717) is 12.0 Å². The maximum atomic E-state index is 4.51. The average molecular weight is 279 g/mol. The van der Waals surface area contributed by atoms with Crippen molar-refractivity contribution in [3.05, 3.63) is 11.8 Å². The fourth-order valence-corrected chi connectivity index (χ4v) is 1.74. The third-order valence-electron chi connectivity index (χ3n) is 3.37. The van der Waals surface area contributed by atoms with E-state index in [1.54, 1.807) is 0 Å². The SMILES string of the molecule is CCCNc1ncc(C)c(NCCCN(C)C(C)C)n1. The van der Waals surface area contributed by atoms with E-state index in [2.05, 4.69) is 53.3 Å². The fraction of sp³-hybridized carbons (Fsp3) is 0.733. The van der Waals surface area contributed by atoms with Gasteiger partial charge in [-0.25, -0.2) is 4.98 Å². The molecule has 1 aromatic heterocycles. The lowest BCUT2D eigenvalue weighted by Gasteiger charge is -2.21. The smallest absolute Gasteiger partial charge is 0.224 e. The number of hydrogen-bond donors (Lipinski definition) is 2. The Morgan fingerprint density at radius 2 is 2.00 bits per heavy atom. The zero-order chi connectivity index (χ0) is 15.0. The molecule has 5 nitrogen and oxygen atoms in total. The minimum Gasteiger partial charge on any atom is -0.370 e. The van der Waals surface area contributed by atoms with Gasteiger partial charge in [0.1, 0.15) is 5.82 Å². The Hall–Kier alpha value is -1.36. The van der Waals surface area contributed by atoms with Crippen molar-refractivity contribution in [2.45, 2.75) is 46.6 Å². The van der Waals surface area contributed by atoms with Crippen LogP contribution in [-0.4, -0.2) is 47.6 Å². The molecule has 0 amide bonds. The minimum atomic E-state index is 0.598. The van der Waals surface area contributed by atoms with Gasteiger partial charge >= 0.3 is 0 Å². The molecule has 0 spiro atoms. The monoisotopic (exact) mass is 279 g/mol. The van der Waals surface area contributed by atoms with E-state index in [1.807, 2.05) is 13.1 Å². The van der Waals surface area contributed by atoms with E-state index in [-0.39, 0.29) is 0 Å². The maximum Gasteiger partial charge on any atom is 0.224 e. The van der Waals surface area contributed by atoms with E-state index in [9.17, 15) is 0 Å². The first-order chi connectivity index (χ1) is 9.54. The van der Waals surface area contributed by atoms with Crippen LogP contribution >= 0.6 is 0 Å². The molecule has 0 saturated carbocycles. The second kappa shape index (κ2) is 8.74. The molecule has 0 saturated heterocycles. The molecule has 0 unspecified atom stereocenters. The molecule has 2 N–H and O–H groups in total. The Kier molecular flexibility index (Phi) is 7.30. The summed E-state index contributed by atoms with van der Waals surface area (Å²) in [6, 6.07) is 0.598. The largest absolute Gasteiger partial charge is 0.370 e. The van der Waals surface area contributed by atoms with Gasteiger partial charge in [0.15, 0.2) is 0 Å². The van der Waals surface area contributed by atoms with Crippen LogP contribution in [0, 0.1) is 6.92 Å². The molecule has 0 bridgehead atoms. The molecule has 1 heterocycles. The summed E-state index contributed by atoms with van der Waals surface area (Å²) in [5.74, 6) is 1.64. The second-order valence-electron chi connectivity index (χ2n) is 5.51. The third kappa shape index (κ3) is 5.74. The predicted octanol–water partition coefficient (Wildman–Crippen LogP) is 2.75. The molecule has 5 heteroatoms. The van der Waals surface area contributed by atoms with Gasteiger partial charge in [-0.05, 0) is 47.2 Å². The van der Waals surface area contributed by atoms with Gasteiger partial charge in [0.25, 0.3) is 0 Å². The lowest BCUT2D eigenvalue weighted by molar-refractivity contribution is 0.273. The van der Waals surface area contributed by atoms with Crippen molar-refractivity contribution in [1.29, 1.82) is 0 Å². The number of aromatic nitrogens is 2. The number of anilines is 2. The van der Waals surface area contributed by atoms with E-state index >= 15 is 0 Å². The second-order valence-corrected chi connectivity index (χ2v) is 5.51. The van der Waals surface area contributed by atoms with Crippen LogP contribution in [0.5, 0.6) is 0 Å². The molecule has 0 aliphatic carbocycles. The number of nitrogens with one attached hydrogen (secondary N) is 2. The summed E-state index contributed by atoms with van der Waals surface area (Å²) in [7, 11) is 2.16. The van der Waals surface area contributed by atoms with Crippen molar-refractivity contribution in [3.63, 3.8) is 0 Å². The highest BCUT2D eigenvalue weighted by molar-refractivity contribution is 5.46. The summed E-state index contributed by atoms with van der Waals surface area (Å²) >= 11 is 0. The number of aryl methyl sites for hydroxylation is 1. The third-order valence-corrected chi connectivity index (χ3v) is 3.37. The van der Waals surface area contributed by atoms with E-state index in [1.165, 1.54) is 0 Å². The number of rotatable bonds is 9. The van der Waals surface area contributed by atoms with Gasteiger partial charge in [-0.1, -0.05) is 6.92 Å². The molecule has 20 heavy (non-hydrogen) atoms. The minimum absolute atomic E-state index is 0.598. The zero-order valence-electron chi connectivity index (χ0n) is 13.5. The topological polar surface area (TPSA) is 53.1 Å². The molecule has 1 aromatic rings. The van der Waals surface area contributed by atoms with Crippen LogP contribution in [0.15, 0.2) is 6.20 Å². The summed E-state index contributed by atoms with van der Waals surface area (Å²) in [6.45, 7) is 11.5. The van der Waals surface area contributed by atoms with Gasteiger partial charge < -0.3 is 15.5 Å². The number of hydrogen-bond acceptors (Lipinski definition) is 5. The Morgan fingerprint density at radius 3 is 2.65 bits per heavy atom. The van der Waals surface area contributed by atoms with Crippen LogP contribution in [0.25, 0.3) is 0 Å². The highest BCUT2D eigenvalue weighted by Gasteiger charge is 2.05. The van der Waals surface area contributed by atoms with Crippen LogP contribution in [0.1, 0.15) is 39.2 Å². The van der Waals surface area contributed by atoms with Gasteiger partial charge in [0, 0.05) is 30.9 Å². The molecular weight excluding hydrogens is 250 g/mol. The Labute approximate surface area is 123 Å². The first kappa shape index (κ1) is 16.7. The fourth-order valence-electron chi connectivity index (χ4n) is 1.74. The quantitative estimate of drug-likeness (QED) is 0.681. The zero-order valence-corrected chi connectivity index (χ0v) is 13.5. The summed E-state index contributed by atoms with van der Waals surface area (Å²) in [5, 5.41) is 6.62. The van der Waals surface area contributed by atoms with Gasteiger partial charge in [-0.15, -0.1) is 0 Å². The molecule has 0 radical (unpaired) electrons. The van der Waals surface area contributed by atoms with E-state index in [4.69, 9.17) is 0 Å². The molecule has 0 aliphatic heterocycles. The lowest BCUT2D eigenvalue weighted by Crippen LogP contribution is -2.28. The molecule has 0 aromatic carbocycles. The Balaban J connectivity index is 2.42. The molecule has 114 valence electrons. The predicted molar refractivity (Wildman–Crippen MR) is 86.4 cm³/mol. The van der Waals surface area contributed by atoms with Crippen molar-refractivity contribution in [2.75, 3.05) is 37.3 Å². The lowest BCUT2D eigenvalue weighted by atomic mass is 10.3. The van der Waals surface area contributed by atoms with Crippen LogP contribution < -0.4 is 10.6 Å². The average Bonchev–Trinajstić information content (AvgIpc) is 2.43. The summed E-state index contributed by atoms with van der Waals surface area (Å²) < 4.78 is 0. The van der Waals surface area contributed by atoms with Gasteiger partial charge in [-0.2, -0.15) is 4.98 Å². The molecule has 0 aliphatic rings. The molecule has 0 fully saturated rings. The van der Waals surface area contributed by atoms with Gasteiger partial charge in [0.2, 0.25) is 5.95 Å². The van der Waals surface area contributed by atoms with Crippen LogP contribution in [0.4, 0.5) is 11.8 Å². The first-order valence-electron chi connectivity index (χ1n) is 7.56. The normalized spacial score (nSPS) is 11.2. The first-order valence-corrected chi connectivity index (χ1v) is 7.56. The summed E-state index contributed by atoms with van der Waals surface area (Å²) in [4.78, 5) is 11.2. The van der Waals surface area contributed by atoms with Crippen LogP contribution in [0.3, 0.4) is 0 Å². The standard InChI is InChI=1S/C15H29N5/c1-6-8-17-15-18-11-13(4)14(19-15)16-9-7-10-20(5)12(2)3/h11-12H,6-10H2,1-5H3,(H2,16,17,18,19).